The molecule has 31 heavy (non-hydrogen) atoms. The lowest BCUT2D eigenvalue weighted by atomic mass is 10.0. The minimum atomic E-state index is -0.247. The first-order chi connectivity index (χ1) is 15.1. The molecule has 0 saturated heterocycles. The van der Waals surface area contributed by atoms with E-state index in [1.54, 1.807) is 25.3 Å². The number of hydrogen-bond acceptors (Lipinski definition) is 6. The summed E-state index contributed by atoms with van der Waals surface area (Å²) in [6, 6.07) is 5.40. The zero-order valence-corrected chi connectivity index (χ0v) is 18.3. The van der Waals surface area contributed by atoms with Crippen molar-refractivity contribution in [2.75, 3.05) is 39.2 Å². The molecule has 1 aliphatic carbocycles. The van der Waals surface area contributed by atoms with E-state index < -0.39 is 0 Å². The molecule has 1 aromatic rings. The zero-order valence-electron chi connectivity index (χ0n) is 18.3. The maximum Gasteiger partial charge on any atom is 0.248 e. The number of ether oxygens (including phenoxy) is 2. The quantitative estimate of drug-likeness (QED) is 0.566. The lowest BCUT2D eigenvalue weighted by molar-refractivity contribution is -0.111. The number of amides is 1. The van der Waals surface area contributed by atoms with Crippen LogP contribution in [0.5, 0.6) is 11.5 Å². The fraction of sp³-hybridized carbons (Fsp3) is 0.333. The molecule has 1 aromatic carbocycles. The highest BCUT2D eigenvalue weighted by Gasteiger charge is 2.21. The number of allylic oxidation sites excluding steroid dienone is 5. The van der Waals surface area contributed by atoms with E-state index in [2.05, 4.69) is 34.7 Å². The second-order valence-corrected chi connectivity index (χ2v) is 7.34. The Balaban J connectivity index is 1.56. The summed E-state index contributed by atoms with van der Waals surface area (Å²) in [5, 5.41) is 7.15. The number of carbonyl (C=O) groups excluding carboxylic acids is 1. The van der Waals surface area contributed by atoms with Crippen LogP contribution in [0.1, 0.15) is 13.3 Å². The van der Waals surface area contributed by atoms with Gasteiger partial charge in [-0.2, -0.15) is 5.10 Å². The normalized spacial score (nSPS) is 17.1. The lowest BCUT2D eigenvalue weighted by Crippen LogP contribution is -2.25. The van der Waals surface area contributed by atoms with Crippen molar-refractivity contribution in [3.05, 3.63) is 66.3 Å². The van der Waals surface area contributed by atoms with E-state index in [1.165, 1.54) is 6.08 Å². The molecule has 1 aliphatic heterocycles. The van der Waals surface area contributed by atoms with E-state index in [4.69, 9.17) is 9.47 Å². The van der Waals surface area contributed by atoms with Gasteiger partial charge in [0.15, 0.2) is 11.5 Å². The Bertz CT molecular complexity index is 931. The monoisotopic (exact) mass is 422 g/mol. The Morgan fingerprint density at radius 3 is 2.94 bits per heavy atom. The molecule has 1 atom stereocenters. The molecular weight excluding hydrogens is 392 g/mol. The van der Waals surface area contributed by atoms with E-state index in [-0.39, 0.29) is 11.9 Å². The van der Waals surface area contributed by atoms with Crippen LogP contribution in [0.15, 0.2) is 71.4 Å². The predicted molar refractivity (Wildman–Crippen MR) is 125 cm³/mol. The van der Waals surface area contributed by atoms with Gasteiger partial charge in [0.1, 0.15) is 6.61 Å². The van der Waals surface area contributed by atoms with Crippen molar-refractivity contribution in [1.82, 2.24) is 10.3 Å². The molecule has 2 aliphatic rings. The van der Waals surface area contributed by atoms with E-state index in [0.717, 1.165) is 30.8 Å². The van der Waals surface area contributed by atoms with Crippen LogP contribution < -0.4 is 20.2 Å². The molecule has 0 spiro atoms. The molecule has 0 aromatic heterocycles. The highest BCUT2D eigenvalue weighted by atomic mass is 16.5. The van der Waals surface area contributed by atoms with E-state index >= 15 is 0 Å². The van der Waals surface area contributed by atoms with Gasteiger partial charge in [-0.05, 0) is 38.2 Å². The van der Waals surface area contributed by atoms with Gasteiger partial charge >= 0.3 is 0 Å². The van der Waals surface area contributed by atoms with Crippen molar-refractivity contribution in [3.8, 4) is 11.5 Å². The first-order valence-corrected chi connectivity index (χ1v) is 10.5. The summed E-state index contributed by atoms with van der Waals surface area (Å²) in [6.07, 6.45) is 14.2. The number of fused-ring (bicyclic) bond motifs is 1. The number of anilines is 1. The molecule has 1 amide bonds. The van der Waals surface area contributed by atoms with Crippen molar-refractivity contribution < 1.29 is 14.3 Å². The van der Waals surface area contributed by atoms with Crippen molar-refractivity contribution in [1.29, 1.82) is 0 Å². The predicted octanol–water partition coefficient (Wildman–Crippen LogP) is 3.29. The first-order valence-electron chi connectivity index (χ1n) is 10.5. The van der Waals surface area contributed by atoms with Gasteiger partial charge in [0.25, 0.3) is 0 Å². The fourth-order valence-corrected chi connectivity index (χ4v) is 3.31. The number of nitrogens with zero attached hydrogens (tertiary/aromatic N) is 2. The van der Waals surface area contributed by atoms with Crippen LogP contribution >= 0.6 is 0 Å². The maximum absolute atomic E-state index is 12.4. The molecule has 2 N–H and O–H groups in total. The first kappa shape index (κ1) is 22.4. The summed E-state index contributed by atoms with van der Waals surface area (Å²) in [7, 11) is 3.66. The molecule has 0 bridgehead atoms. The van der Waals surface area contributed by atoms with Crippen LogP contribution in [-0.4, -0.2) is 56.4 Å². The van der Waals surface area contributed by atoms with Crippen LogP contribution in [-0.2, 0) is 4.79 Å². The molecule has 0 fully saturated rings. The second-order valence-electron chi connectivity index (χ2n) is 7.34. The molecule has 1 unspecified atom stereocenters. The molecule has 7 heteroatoms. The number of likely N-dealkylation sites (N-methyl/N-ethyl adjacent to an activating group) is 1. The number of benzene rings is 1. The van der Waals surface area contributed by atoms with Crippen molar-refractivity contribution in [2.45, 2.75) is 19.4 Å². The van der Waals surface area contributed by atoms with Gasteiger partial charge in [0.05, 0.1) is 18.9 Å². The minimum Gasteiger partial charge on any atom is -0.493 e. The van der Waals surface area contributed by atoms with Gasteiger partial charge in [-0.25, -0.2) is 0 Å². The van der Waals surface area contributed by atoms with Crippen LogP contribution in [0, 0.1) is 0 Å². The summed E-state index contributed by atoms with van der Waals surface area (Å²) in [5.41, 5.74) is 5.45. The number of hydrogen-bond donors (Lipinski definition) is 2. The van der Waals surface area contributed by atoms with Crippen molar-refractivity contribution in [3.63, 3.8) is 0 Å². The molecule has 7 nitrogen and oxygen atoms in total. The topological polar surface area (TPSA) is 75.2 Å². The standard InChI is InChI=1S/C24H30N4O3/c1-4-14-28(2)15-16-31-22-12-10-18(17-23(22)30-3)25-24(29)13-11-21-19-8-6-5-7-9-20(19)26-27-21/h5-13,17,20,26H,4,14-16H2,1-3H3,(H,25,29)/b13-11+. The third kappa shape index (κ3) is 6.33. The van der Waals surface area contributed by atoms with Crippen LogP contribution in [0.25, 0.3) is 0 Å². The van der Waals surface area contributed by atoms with E-state index in [0.29, 0.717) is 23.8 Å². The smallest absolute Gasteiger partial charge is 0.248 e. The number of methoxy groups -OCH3 is 1. The highest BCUT2D eigenvalue weighted by Crippen LogP contribution is 2.30. The Labute approximate surface area is 183 Å². The van der Waals surface area contributed by atoms with Crippen molar-refractivity contribution in [2.24, 2.45) is 5.10 Å². The summed E-state index contributed by atoms with van der Waals surface area (Å²) < 4.78 is 11.3. The Hall–Kier alpha value is -3.32. The van der Waals surface area contributed by atoms with Crippen LogP contribution in [0.3, 0.4) is 0 Å². The minimum absolute atomic E-state index is 0.0382. The third-order valence-electron chi connectivity index (χ3n) is 4.92. The molecule has 0 saturated carbocycles. The Morgan fingerprint density at radius 2 is 2.13 bits per heavy atom. The summed E-state index contributed by atoms with van der Waals surface area (Å²) in [5.74, 6) is 0.984. The Morgan fingerprint density at radius 1 is 1.26 bits per heavy atom. The summed E-state index contributed by atoms with van der Waals surface area (Å²) >= 11 is 0. The van der Waals surface area contributed by atoms with Gasteiger partial charge in [-0.15, -0.1) is 0 Å². The largest absolute Gasteiger partial charge is 0.493 e. The number of carbonyl (C=O) groups is 1. The molecule has 164 valence electrons. The second kappa shape index (κ2) is 11.2. The van der Waals surface area contributed by atoms with Crippen LogP contribution in [0.4, 0.5) is 5.69 Å². The van der Waals surface area contributed by atoms with Gasteiger partial charge < -0.3 is 19.7 Å². The van der Waals surface area contributed by atoms with E-state index in [1.807, 2.05) is 36.4 Å². The average Bonchev–Trinajstić information content (AvgIpc) is 2.99. The number of rotatable bonds is 10. The van der Waals surface area contributed by atoms with Gasteiger partial charge in [-0.3, -0.25) is 10.2 Å². The summed E-state index contributed by atoms with van der Waals surface area (Å²) in [4.78, 5) is 14.6. The highest BCUT2D eigenvalue weighted by molar-refractivity contribution is 6.14. The van der Waals surface area contributed by atoms with Gasteiger partial charge in [-0.1, -0.05) is 37.3 Å². The number of nitrogens with one attached hydrogen (secondary N) is 2. The number of hydrazone groups is 1. The molecule has 0 radical (unpaired) electrons. The van der Waals surface area contributed by atoms with E-state index in [9.17, 15) is 4.79 Å². The lowest BCUT2D eigenvalue weighted by Gasteiger charge is -2.17. The summed E-state index contributed by atoms with van der Waals surface area (Å²) in [6.45, 7) is 4.59. The van der Waals surface area contributed by atoms with Gasteiger partial charge in [0.2, 0.25) is 5.91 Å². The van der Waals surface area contributed by atoms with Crippen molar-refractivity contribution >= 4 is 17.3 Å². The zero-order chi connectivity index (χ0) is 22.1. The Kier molecular flexibility index (Phi) is 8.06. The third-order valence-corrected chi connectivity index (χ3v) is 4.92. The molecule has 3 rings (SSSR count). The average molecular weight is 423 g/mol. The van der Waals surface area contributed by atoms with Gasteiger partial charge in [0, 0.05) is 29.9 Å². The molecule has 1 heterocycles. The SMILES string of the molecule is CCCN(C)CCOc1ccc(NC(=O)/C=C/C2=NNC3C=CC=CC=C23)cc1OC. The van der Waals surface area contributed by atoms with Crippen LogP contribution in [0.2, 0.25) is 0 Å². The maximum atomic E-state index is 12.4. The fourth-order valence-electron chi connectivity index (χ4n) is 3.31. The molecular formula is C24H30N4O3.